The smallest absolute Gasteiger partial charge is 0.416 e. The van der Waals surface area contributed by atoms with Crippen LogP contribution in [-0.2, 0) is 30.4 Å². The highest BCUT2D eigenvalue weighted by atomic mass is 19.4. The summed E-state index contributed by atoms with van der Waals surface area (Å²) in [6.45, 7) is 4.69. The standard InChI is InChI=1S/C32H31F3N4O5/c1-31(2,3)39(30(41)42)17-19-10-23(32(33,34)35)14-24(11-19)38-29(40)21-5-4-20-6-7-25(13-22(20)12-21)44-26-8-9-37-27(15-26)28-16-36-18-43-28/h6-11,13-16,18,21H,4-5,12,17H2,1-3H3,(H,38,40)(H,41,42). The van der Waals surface area contributed by atoms with E-state index in [-0.39, 0.29) is 17.8 Å². The molecule has 2 aromatic heterocycles. The molecule has 1 aliphatic carbocycles. The van der Waals surface area contributed by atoms with Gasteiger partial charge in [-0.05, 0) is 93.1 Å². The fraction of sp³-hybridized carbons (Fsp3) is 0.312. The third-order valence-electron chi connectivity index (χ3n) is 7.40. The topological polar surface area (TPSA) is 118 Å². The van der Waals surface area contributed by atoms with Crippen LogP contribution in [0.5, 0.6) is 11.5 Å². The Balaban J connectivity index is 1.32. The molecule has 9 nitrogen and oxygen atoms in total. The lowest BCUT2D eigenvalue weighted by atomic mass is 9.83. The van der Waals surface area contributed by atoms with Gasteiger partial charge in [0.05, 0.1) is 11.8 Å². The maximum atomic E-state index is 13.8. The molecule has 2 aromatic carbocycles. The van der Waals surface area contributed by atoms with Crippen LogP contribution < -0.4 is 10.1 Å². The van der Waals surface area contributed by atoms with E-state index < -0.39 is 35.2 Å². The highest BCUT2D eigenvalue weighted by Gasteiger charge is 2.33. The molecule has 0 saturated carbocycles. The summed E-state index contributed by atoms with van der Waals surface area (Å²) in [6.07, 6.45) is 0.0191. The number of rotatable bonds is 7. The second kappa shape index (κ2) is 12.0. The molecule has 1 aliphatic rings. The molecule has 5 rings (SSSR count). The Morgan fingerprint density at radius 1 is 1.07 bits per heavy atom. The van der Waals surface area contributed by atoms with Gasteiger partial charge in [-0.2, -0.15) is 13.2 Å². The van der Waals surface area contributed by atoms with E-state index in [9.17, 15) is 27.9 Å². The second-order valence-corrected chi connectivity index (χ2v) is 11.7. The molecule has 4 aromatic rings. The van der Waals surface area contributed by atoms with Crippen LogP contribution in [0, 0.1) is 5.92 Å². The molecule has 1 atom stereocenters. The van der Waals surface area contributed by atoms with Crippen molar-refractivity contribution in [3.05, 3.63) is 89.6 Å². The number of carboxylic acid groups (broad SMARTS) is 1. The van der Waals surface area contributed by atoms with Crippen molar-refractivity contribution in [2.24, 2.45) is 5.92 Å². The molecule has 0 fully saturated rings. The van der Waals surface area contributed by atoms with Gasteiger partial charge in [0.2, 0.25) is 5.91 Å². The fourth-order valence-electron chi connectivity index (χ4n) is 5.15. The van der Waals surface area contributed by atoms with Crippen molar-refractivity contribution in [2.45, 2.75) is 58.3 Å². The van der Waals surface area contributed by atoms with Gasteiger partial charge in [0.25, 0.3) is 0 Å². The van der Waals surface area contributed by atoms with Gasteiger partial charge < -0.3 is 19.6 Å². The molecular formula is C32H31F3N4O5. The van der Waals surface area contributed by atoms with Gasteiger partial charge in [0.1, 0.15) is 17.2 Å². The molecule has 12 heteroatoms. The van der Waals surface area contributed by atoms with Crippen LogP contribution in [0.2, 0.25) is 0 Å². The lowest BCUT2D eigenvalue weighted by Crippen LogP contribution is -2.44. The first-order valence-electron chi connectivity index (χ1n) is 13.9. The SMILES string of the molecule is CC(C)(C)N(Cc1cc(NC(=O)C2CCc3ccc(Oc4ccnc(-c5cnco5)c4)cc3C2)cc(C(F)(F)F)c1)C(=O)O. The van der Waals surface area contributed by atoms with Crippen LogP contribution >= 0.6 is 0 Å². The minimum absolute atomic E-state index is 0.0396. The summed E-state index contributed by atoms with van der Waals surface area (Å²) in [5.74, 6) is 0.688. The van der Waals surface area contributed by atoms with Gasteiger partial charge in [-0.15, -0.1) is 0 Å². The van der Waals surface area contributed by atoms with E-state index in [1.165, 1.54) is 12.5 Å². The van der Waals surface area contributed by atoms with Crippen LogP contribution in [0.4, 0.5) is 23.7 Å². The zero-order chi connectivity index (χ0) is 31.6. The van der Waals surface area contributed by atoms with E-state index in [4.69, 9.17) is 9.15 Å². The molecule has 0 aliphatic heterocycles. The van der Waals surface area contributed by atoms with E-state index in [2.05, 4.69) is 15.3 Å². The van der Waals surface area contributed by atoms with E-state index in [1.807, 2.05) is 18.2 Å². The molecule has 0 radical (unpaired) electrons. The van der Waals surface area contributed by atoms with E-state index in [0.29, 0.717) is 42.2 Å². The lowest BCUT2D eigenvalue weighted by Gasteiger charge is -2.33. The molecule has 0 saturated heterocycles. The number of hydrogen-bond donors (Lipinski definition) is 2. The molecule has 0 spiro atoms. The van der Waals surface area contributed by atoms with Crippen molar-refractivity contribution in [1.29, 1.82) is 0 Å². The Morgan fingerprint density at radius 2 is 1.84 bits per heavy atom. The number of hydrogen-bond acceptors (Lipinski definition) is 6. The maximum Gasteiger partial charge on any atom is 0.416 e. The Labute approximate surface area is 251 Å². The van der Waals surface area contributed by atoms with Gasteiger partial charge in [-0.25, -0.2) is 9.78 Å². The first kappa shape index (κ1) is 30.6. The molecule has 2 heterocycles. The Kier molecular flexibility index (Phi) is 8.36. The number of carbonyl (C=O) groups excluding carboxylic acids is 1. The number of nitrogens with zero attached hydrogens (tertiary/aromatic N) is 3. The molecule has 44 heavy (non-hydrogen) atoms. The lowest BCUT2D eigenvalue weighted by molar-refractivity contribution is -0.137. The van der Waals surface area contributed by atoms with Gasteiger partial charge in [-0.3, -0.25) is 14.7 Å². The van der Waals surface area contributed by atoms with E-state index in [0.717, 1.165) is 28.2 Å². The van der Waals surface area contributed by atoms with Gasteiger partial charge >= 0.3 is 12.3 Å². The Morgan fingerprint density at radius 3 is 2.52 bits per heavy atom. The predicted molar refractivity (Wildman–Crippen MR) is 155 cm³/mol. The first-order chi connectivity index (χ1) is 20.8. The maximum absolute atomic E-state index is 13.8. The summed E-state index contributed by atoms with van der Waals surface area (Å²) >= 11 is 0. The number of aryl methyl sites for hydroxylation is 1. The minimum atomic E-state index is -4.68. The molecule has 0 bridgehead atoms. The number of halogens is 3. The van der Waals surface area contributed by atoms with Gasteiger partial charge in [0, 0.05) is 36.0 Å². The number of benzene rings is 2. The van der Waals surface area contributed by atoms with Crippen LogP contribution in [-0.4, -0.2) is 37.5 Å². The normalized spacial score (nSPS) is 14.9. The Bertz CT molecular complexity index is 1670. The molecular weight excluding hydrogens is 577 g/mol. The van der Waals surface area contributed by atoms with Crippen LogP contribution in [0.15, 0.2) is 71.7 Å². The zero-order valence-corrected chi connectivity index (χ0v) is 24.3. The summed E-state index contributed by atoms with van der Waals surface area (Å²) in [5.41, 5.74) is 0.789. The molecule has 1 unspecified atom stereocenters. The highest BCUT2D eigenvalue weighted by molar-refractivity contribution is 5.93. The number of alkyl halides is 3. The van der Waals surface area contributed by atoms with Gasteiger partial charge in [-0.1, -0.05) is 6.07 Å². The fourth-order valence-corrected chi connectivity index (χ4v) is 5.15. The average molecular weight is 609 g/mol. The molecule has 2 N–H and O–H groups in total. The summed E-state index contributed by atoms with van der Waals surface area (Å²) in [4.78, 5) is 34.3. The molecule has 2 amide bonds. The van der Waals surface area contributed by atoms with E-state index in [1.54, 1.807) is 45.3 Å². The zero-order valence-electron chi connectivity index (χ0n) is 24.3. The highest BCUT2D eigenvalue weighted by Crippen LogP contribution is 2.35. The van der Waals surface area contributed by atoms with Crippen molar-refractivity contribution in [3.8, 4) is 23.0 Å². The third kappa shape index (κ3) is 7.19. The number of nitrogens with one attached hydrogen (secondary N) is 1. The van der Waals surface area contributed by atoms with E-state index >= 15 is 0 Å². The van der Waals surface area contributed by atoms with Crippen LogP contribution in [0.1, 0.15) is 49.4 Å². The summed E-state index contributed by atoms with van der Waals surface area (Å²) < 4.78 is 52.6. The number of pyridine rings is 1. The largest absolute Gasteiger partial charge is 0.465 e. The summed E-state index contributed by atoms with van der Waals surface area (Å²) in [6, 6.07) is 12.2. The number of aromatic nitrogens is 2. The van der Waals surface area contributed by atoms with Crippen LogP contribution in [0.3, 0.4) is 0 Å². The van der Waals surface area contributed by atoms with Crippen LogP contribution in [0.25, 0.3) is 11.5 Å². The number of anilines is 1. The number of fused-ring (bicyclic) bond motifs is 1. The van der Waals surface area contributed by atoms with Crippen molar-refractivity contribution in [3.63, 3.8) is 0 Å². The first-order valence-corrected chi connectivity index (χ1v) is 13.9. The number of amides is 2. The third-order valence-corrected chi connectivity index (χ3v) is 7.40. The quantitative estimate of drug-likeness (QED) is 0.222. The average Bonchev–Trinajstić information content (AvgIpc) is 3.50. The van der Waals surface area contributed by atoms with Crippen molar-refractivity contribution >= 4 is 17.7 Å². The monoisotopic (exact) mass is 608 g/mol. The number of carbonyl (C=O) groups is 2. The number of ether oxygens (including phenoxy) is 1. The van der Waals surface area contributed by atoms with Crippen molar-refractivity contribution in [1.82, 2.24) is 14.9 Å². The predicted octanol–water partition coefficient (Wildman–Crippen LogP) is 7.57. The van der Waals surface area contributed by atoms with Crippen molar-refractivity contribution in [2.75, 3.05) is 5.32 Å². The second-order valence-electron chi connectivity index (χ2n) is 11.7. The minimum Gasteiger partial charge on any atom is -0.465 e. The molecule has 230 valence electrons. The summed E-state index contributed by atoms with van der Waals surface area (Å²) in [5, 5.41) is 12.3. The van der Waals surface area contributed by atoms with Crippen molar-refractivity contribution < 1.29 is 37.0 Å². The van der Waals surface area contributed by atoms with Gasteiger partial charge in [0.15, 0.2) is 12.2 Å². The Hall–Kier alpha value is -4.87. The number of oxazole rings is 1. The summed E-state index contributed by atoms with van der Waals surface area (Å²) in [7, 11) is 0.